The Bertz CT molecular complexity index is 555. The van der Waals surface area contributed by atoms with Crippen molar-refractivity contribution in [1.29, 1.82) is 0 Å². The van der Waals surface area contributed by atoms with Crippen LogP contribution >= 0.6 is 0 Å². The Morgan fingerprint density at radius 1 is 0.656 bits per heavy atom. The first-order valence-electron chi connectivity index (χ1n) is 14.0. The fraction of sp³-hybridized carbons (Fsp3) is 1.00. The Labute approximate surface area is 194 Å². The quantitative estimate of drug-likeness (QED) is 0.391. The fourth-order valence-corrected chi connectivity index (χ4v) is 7.71. The van der Waals surface area contributed by atoms with Crippen LogP contribution in [-0.4, -0.2) is 31.2 Å². The second kappa shape index (κ2) is 11.5. The normalized spacial score (nSPS) is 48.5. The molecular weight excluding hydrogens is 409 g/mol. The SMILES string of the molecule is CCC1CCC(C2CCC(C3CCC(COC4CCC(C)CC4F)CC3)C(F)C2F)CC1. The van der Waals surface area contributed by atoms with Crippen LogP contribution in [-0.2, 0) is 4.74 Å². The smallest absolute Gasteiger partial charge is 0.134 e. The zero-order valence-corrected chi connectivity index (χ0v) is 20.5. The van der Waals surface area contributed by atoms with Gasteiger partial charge in [0.25, 0.3) is 0 Å². The fourth-order valence-electron chi connectivity index (χ4n) is 7.71. The van der Waals surface area contributed by atoms with E-state index >= 15 is 8.78 Å². The lowest BCUT2D eigenvalue weighted by atomic mass is 9.63. The summed E-state index contributed by atoms with van der Waals surface area (Å²) in [7, 11) is 0. The summed E-state index contributed by atoms with van der Waals surface area (Å²) in [6, 6.07) is 0. The average Bonchev–Trinajstić information content (AvgIpc) is 2.81. The van der Waals surface area contributed by atoms with Crippen LogP contribution in [0.1, 0.15) is 104 Å². The molecule has 0 bridgehead atoms. The van der Waals surface area contributed by atoms with Crippen LogP contribution in [0.2, 0.25) is 0 Å². The molecule has 32 heavy (non-hydrogen) atoms. The molecule has 0 spiro atoms. The minimum atomic E-state index is -1.27. The highest BCUT2D eigenvalue weighted by Gasteiger charge is 2.46. The minimum absolute atomic E-state index is 0.0457. The van der Waals surface area contributed by atoms with Gasteiger partial charge in [0.2, 0.25) is 0 Å². The van der Waals surface area contributed by atoms with Crippen molar-refractivity contribution < 1.29 is 17.9 Å². The van der Waals surface area contributed by atoms with Crippen molar-refractivity contribution in [2.24, 2.45) is 41.4 Å². The van der Waals surface area contributed by atoms with E-state index in [1.54, 1.807) is 0 Å². The summed E-state index contributed by atoms with van der Waals surface area (Å²) in [6.07, 6.45) is 10.6. The van der Waals surface area contributed by atoms with Gasteiger partial charge in [0, 0.05) is 6.61 Å². The summed E-state index contributed by atoms with van der Waals surface area (Å²) >= 11 is 0. The largest absolute Gasteiger partial charge is 0.375 e. The molecule has 0 N–H and O–H groups in total. The van der Waals surface area contributed by atoms with Crippen molar-refractivity contribution in [1.82, 2.24) is 0 Å². The minimum Gasteiger partial charge on any atom is -0.375 e. The van der Waals surface area contributed by atoms with Crippen LogP contribution in [0.3, 0.4) is 0 Å². The van der Waals surface area contributed by atoms with Gasteiger partial charge < -0.3 is 4.74 Å². The maximum Gasteiger partial charge on any atom is 0.134 e. The lowest BCUT2D eigenvalue weighted by Crippen LogP contribution is -2.45. The second-order valence-electron chi connectivity index (χ2n) is 12.1. The van der Waals surface area contributed by atoms with Gasteiger partial charge in [-0.25, -0.2) is 13.2 Å². The summed E-state index contributed by atoms with van der Waals surface area (Å²) in [4.78, 5) is 0. The van der Waals surface area contributed by atoms with E-state index in [9.17, 15) is 4.39 Å². The van der Waals surface area contributed by atoms with Gasteiger partial charge in [-0.2, -0.15) is 0 Å². The molecule has 0 aromatic carbocycles. The van der Waals surface area contributed by atoms with Gasteiger partial charge in [-0.1, -0.05) is 33.1 Å². The van der Waals surface area contributed by atoms with E-state index in [2.05, 4.69) is 13.8 Å². The third kappa shape index (κ3) is 5.87. The first kappa shape index (κ1) is 24.9. The maximum atomic E-state index is 15.3. The molecular formula is C28H47F3O. The summed E-state index contributed by atoms with van der Waals surface area (Å²) in [5.74, 6) is 2.32. The molecule has 0 aromatic rings. The number of ether oxygens (including phenoxy) is 1. The van der Waals surface area contributed by atoms with Crippen LogP contribution in [0.15, 0.2) is 0 Å². The van der Waals surface area contributed by atoms with E-state index in [1.165, 1.54) is 19.3 Å². The van der Waals surface area contributed by atoms with Crippen molar-refractivity contribution in [3.05, 3.63) is 0 Å². The second-order valence-corrected chi connectivity index (χ2v) is 12.1. The molecule has 7 unspecified atom stereocenters. The Hall–Kier alpha value is -0.250. The number of hydrogen-bond donors (Lipinski definition) is 0. The Morgan fingerprint density at radius 2 is 1.19 bits per heavy atom. The molecule has 4 heteroatoms. The van der Waals surface area contributed by atoms with Gasteiger partial charge in [0.05, 0.1) is 6.10 Å². The van der Waals surface area contributed by atoms with Crippen molar-refractivity contribution in [2.45, 2.75) is 128 Å². The predicted octanol–water partition coefficient (Wildman–Crippen LogP) is 8.25. The molecule has 0 radical (unpaired) electrons. The van der Waals surface area contributed by atoms with E-state index in [-0.39, 0.29) is 17.9 Å². The van der Waals surface area contributed by atoms with Crippen molar-refractivity contribution in [3.8, 4) is 0 Å². The highest BCUT2D eigenvalue weighted by Crippen LogP contribution is 2.48. The van der Waals surface area contributed by atoms with Crippen LogP contribution in [0, 0.1) is 41.4 Å². The van der Waals surface area contributed by atoms with E-state index in [0.717, 1.165) is 70.1 Å². The monoisotopic (exact) mass is 456 g/mol. The molecule has 0 aromatic heterocycles. The predicted molar refractivity (Wildman–Crippen MR) is 125 cm³/mol. The van der Waals surface area contributed by atoms with Crippen molar-refractivity contribution in [3.63, 3.8) is 0 Å². The maximum absolute atomic E-state index is 15.3. The summed E-state index contributed by atoms with van der Waals surface area (Å²) in [5, 5.41) is 0. The lowest BCUT2D eigenvalue weighted by molar-refractivity contribution is -0.0607. The topological polar surface area (TPSA) is 9.23 Å². The molecule has 4 aliphatic rings. The van der Waals surface area contributed by atoms with Crippen LogP contribution in [0.4, 0.5) is 13.2 Å². The molecule has 0 amide bonds. The van der Waals surface area contributed by atoms with Gasteiger partial charge >= 0.3 is 0 Å². The summed E-state index contributed by atoms with van der Waals surface area (Å²) < 4.78 is 50.8. The Morgan fingerprint density at radius 3 is 1.69 bits per heavy atom. The first-order chi connectivity index (χ1) is 15.5. The van der Waals surface area contributed by atoms with Crippen LogP contribution in [0.25, 0.3) is 0 Å². The summed E-state index contributed by atoms with van der Waals surface area (Å²) in [6.45, 7) is 5.01. The van der Waals surface area contributed by atoms with Gasteiger partial charge in [0.1, 0.15) is 18.5 Å². The highest BCUT2D eigenvalue weighted by molar-refractivity contribution is 4.95. The standard InChI is InChI=1S/C28H47F3O/c1-3-19-5-9-21(10-6-19)23-13-14-24(28(31)27(23)30)22-11-7-20(8-12-22)17-32-26-15-4-18(2)16-25(26)29/h18-28H,3-17H2,1-2H3. The van der Waals surface area contributed by atoms with Gasteiger partial charge in [-0.05, 0) is 112 Å². The molecule has 186 valence electrons. The molecule has 4 rings (SSSR count). The molecule has 4 fully saturated rings. The number of hydrogen-bond acceptors (Lipinski definition) is 1. The molecule has 0 aliphatic heterocycles. The highest BCUT2D eigenvalue weighted by atomic mass is 19.2. The summed E-state index contributed by atoms with van der Waals surface area (Å²) in [5.41, 5.74) is 0. The zero-order valence-electron chi connectivity index (χ0n) is 20.5. The molecule has 1 nitrogen and oxygen atoms in total. The lowest BCUT2D eigenvalue weighted by Gasteiger charge is -2.44. The number of rotatable bonds is 6. The Balaban J connectivity index is 1.20. The molecule has 4 saturated carbocycles. The van der Waals surface area contributed by atoms with E-state index in [1.807, 2.05) is 0 Å². The molecule has 4 aliphatic carbocycles. The first-order valence-corrected chi connectivity index (χ1v) is 14.0. The zero-order chi connectivity index (χ0) is 22.7. The average molecular weight is 457 g/mol. The number of alkyl halides is 3. The van der Waals surface area contributed by atoms with Crippen LogP contribution < -0.4 is 0 Å². The van der Waals surface area contributed by atoms with E-state index in [0.29, 0.717) is 36.7 Å². The Kier molecular flexibility index (Phi) is 8.90. The van der Waals surface area contributed by atoms with Gasteiger partial charge in [0.15, 0.2) is 0 Å². The molecule has 7 atom stereocenters. The van der Waals surface area contributed by atoms with Gasteiger partial charge in [-0.3, -0.25) is 0 Å². The molecule has 0 saturated heterocycles. The van der Waals surface area contributed by atoms with Crippen molar-refractivity contribution >= 4 is 0 Å². The van der Waals surface area contributed by atoms with Crippen molar-refractivity contribution in [2.75, 3.05) is 6.61 Å². The van der Waals surface area contributed by atoms with E-state index in [4.69, 9.17) is 4.74 Å². The molecule has 0 heterocycles. The number of halogens is 3. The third-order valence-corrected chi connectivity index (χ3v) is 10.0. The van der Waals surface area contributed by atoms with Gasteiger partial charge in [-0.15, -0.1) is 0 Å². The van der Waals surface area contributed by atoms with E-state index < -0.39 is 18.5 Å². The van der Waals surface area contributed by atoms with Crippen LogP contribution in [0.5, 0.6) is 0 Å². The third-order valence-electron chi connectivity index (χ3n) is 10.0.